The monoisotopic (exact) mass is 486 g/mol. The van der Waals surface area contributed by atoms with Gasteiger partial charge in [-0.3, -0.25) is 4.72 Å². The summed E-state index contributed by atoms with van der Waals surface area (Å²) in [6.07, 6.45) is 0.0979. The SMILES string of the molecule is Cc1cc(-c2ccc(CO)cc2)ccc1OCCNCC(O)c1ccc(O)c(NS(C)(=O)=O)c1. The summed E-state index contributed by atoms with van der Waals surface area (Å²) in [5.74, 6) is 0.555. The van der Waals surface area contributed by atoms with Crippen LogP contribution in [-0.4, -0.2) is 49.7 Å². The van der Waals surface area contributed by atoms with E-state index in [0.717, 1.165) is 34.3 Å². The molecule has 0 aliphatic heterocycles. The smallest absolute Gasteiger partial charge is 0.229 e. The van der Waals surface area contributed by atoms with E-state index in [1.807, 2.05) is 49.4 Å². The van der Waals surface area contributed by atoms with Crippen LogP contribution in [0.4, 0.5) is 5.69 Å². The van der Waals surface area contributed by atoms with E-state index in [9.17, 15) is 23.7 Å². The van der Waals surface area contributed by atoms with Crippen molar-refractivity contribution in [3.63, 3.8) is 0 Å². The van der Waals surface area contributed by atoms with E-state index < -0.39 is 16.1 Å². The Kier molecular flexibility index (Phi) is 8.51. The number of aliphatic hydroxyl groups is 2. The number of hydrogen-bond acceptors (Lipinski definition) is 7. The number of ether oxygens (including phenoxy) is 1. The van der Waals surface area contributed by atoms with Crippen LogP contribution in [0.5, 0.6) is 11.5 Å². The summed E-state index contributed by atoms with van der Waals surface area (Å²) >= 11 is 0. The average molecular weight is 487 g/mol. The van der Waals surface area contributed by atoms with Gasteiger partial charge in [0.25, 0.3) is 0 Å². The van der Waals surface area contributed by atoms with Gasteiger partial charge in [0, 0.05) is 13.1 Å². The molecule has 0 aromatic heterocycles. The maximum Gasteiger partial charge on any atom is 0.229 e. The summed E-state index contributed by atoms with van der Waals surface area (Å²) in [4.78, 5) is 0. The molecule has 0 radical (unpaired) electrons. The molecule has 0 spiro atoms. The standard InChI is InChI=1S/C25H30N2O6S/c1-17-13-20(19-5-3-18(16-28)4-6-19)8-10-25(17)33-12-11-26-15-24(30)21-7-9-23(29)22(14-21)27-34(2,31)32/h3-10,13-14,24,26-30H,11-12,15-16H2,1-2H3. The van der Waals surface area contributed by atoms with Gasteiger partial charge in [-0.2, -0.15) is 0 Å². The molecule has 1 atom stereocenters. The first-order valence-corrected chi connectivity index (χ1v) is 12.7. The molecule has 8 nitrogen and oxygen atoms in total. The summed E-state index contributed by atoms with van der Waals surface area (Å²) in [6.45, 7) is 3.12. The van der Waals surface area contributed by atoms with Crippen LogP contribution in [0.2, 0.25) is 0 Å². The molecule has 0 saturated carbocycles. The molecule has 1 unspecified atom stereocenters. The topological polar surface area (TPSA) is 128 Å². The number of benzene rings is 3. The van der Waals surface area contributed by atoms with Gasteiger partial charge in [0.1, 0.15) is 18.1 Å². The number of anilines is 1. The Morgan fingerprint density at radius 3 is 2.35 bits per heavy atom. The van der Waals surface area contributed by atoms with Gasteiger partial charge in [0.05, 0.1) is 24.7 Å². The summed E-state index contributed by atoms with van der Waals surface area (Å²) in [6, 6.07) is 18.0. The molecular weight excluding hydrogens is 456 g/mol. The second-order valence-corrected chi connectivity index (χ2v) is 9.80. The molecule has 0 aliphatic rings. The summed E-state index contributed by atoms with van der Waals surface area (Å²) in [5.41, 5.74) is 4.48. The lowest BCUT2D eigenvalue weighted by Gasteiger charge is -2.15. The van der Waals surface area contributed by atoms with Gasteiger partial charge in [-0.1, -0.05) is 36.4 Å². The van der Waals surface area contributed by atoms with Crippen molar-refractivity contribution in [3.8, 4) is 22.6 Å². The molecular formula is C25H30N2O6S. The van der Waals surface area contributed by atoms with Crippen LogP contribution in [0.1, 0.15) is 22.8 Å². The molecule has 0 heterocycles. The van der Waals surface area contributed by atoms with Crippen LogP contribution in [0.3, 0.4) is 0 Å². The van der Waals surface area contributed by atoms with Crippen LogP contribution < -0.4 is 14.8 Å². The van der Waals surface area contributed by atoms with E-state index in [-0.39, 0.29) is 24.6 Å². The summed E-state index contributed by atoms with van der Waals surface area (Å²) in [7, 11) is -3.55. The second-order valence-electron chi connectivity index (χ2n) is 8.05. The third-order valence-electron chi connectivity index (χ3n) is 5.22. The Hall–Kier alpha value is -3.11. The van der Waals surface area contributed by atoms with Crippen molar-refractivity contribution in [2.24, 2.45) is 0 Å². The molecule has 3 aromatic rings. The van der Waals surface area contributed by atoms with Crippen molar-refractivity contribution in [2.75, 3.05) is 30.7 Å². The molecule has 0 bridgehead atoms. The van der Waals surface area contributed by atoms with Crippen molar-refractivity contribution in [2.45, 2.75) is 19.6 Å². The third-order valence-corrected chi connectivity index (χ3v) is 5.81. The van der Waals surface area contributed by atoms with E-state index in [1.54, 1.807) is 0 Å². The highest BCUT2D eigenvalue weighted by Crippen LogP contribution is 2.28. The fraction of sp³-hybridized carbons (Fsp3) is 0.280. The van der Waals surface area contributed by atoms with E-state index in [0.29, 0.717) is 18.7 Å². The van der Waals surface area contributed by atoms with E-state index >= 15 is 0 Å². The van der Waals surface area contributed by atoms with E-state index in [1.165, 1.54) is 18.2 Å². The number of nitrogens with one attached hydrogen (secondary N) is 2. The maximum absolute atomic E-state index is 11.4. The minimum absolute atomic E-state index is 0.0191. The van der Waals surface area contributed by atoms with Crippen molar-refractivity contribution in [3.05, 3.63) is 77.4 Å². The first-order valence-electron chi connectivity index (χ1n) is 10.8. The molecule has 0 saturated heterocycles. The van der Waals surface area contributed by atoms with Crippen molar-refractivity contribution in [1.29, 1.82) is 0 Å². The van der Waals surface area contributed by atoms with Crippen LogP contribution in [0, 0.1) is 6.92 Å². The zero-order valence-corrected chi connectivity index (χ0v) is 20.0. The Morgan fingerprint density at radius 1 is 1.00 bits per heavy atom. The Bertz CT molecular complexity index is 1210. The van der Waals surface area contributed by atoms with E-state index in [2.05, 4.69) is 10.0 Å². The molecule has 34 heavy (non-hydrogen) atoms. The zero-order chi connectivity index (χ0) is 24.7. The Labute approximate surface area is 199 Å². The molecule has 0 fully saturated rings. The lowest BCUT2D eigenvalue weighted by molar-refractivity contribution is 0.172. The molecule has 182 valence electrons. The normalized spacial score (nSPS) is 12.4. The van der Waals surface area contributed by atoms with Gasteiger partial charge in [-0.25, -0.2) is 8.42 Å². The molecule has 0 aliphatic carbocycles. The number of phenolic OH excluding ortho intramolecular Hbond substituents is 1. The number of sulfonamides is 1. The van der Waals surface area contributed by atoms with Crippen molar-refractivity contribution < 1.29 is 28.5 Å². The number of phenols is 1. The fourth-order valence-electron chi connectivity index (χ4n) is 3.43. The highest BCUT2D eigenvalue weighted by atomic mass is 32.2. The van der Waals surface area contributed by atoms with Gasteiger partial charge in [0.15, 0.2) is 0 Å². The first-order chi connectivity index (χ1) is 16.2. The number of aryl methyl sites for hydroxylation is 1. The van der Waals surface area contributed by atoms with Gasteiger partial charge in [-0.05, 0) is 59.0 Å². The van der Waals surface area contributed by atoms with Gasteiger partial charge in [0.2, 0.25) is 10.0 Å². The molecule has 5 N–H and O–H groups in total. The quantitative estimate of drug-likeness (QED) is 0.208. The number of aliphatic hydroxyl groups excluding tert-OH is 2. The number of hydrogen-bond donors (Lipinski definition) is 5. The minimum atomic E-state index is -3.55. The number of rotatable bonds is 11. The highest BCUT2D eigenvalue weighted by Gasteiger charge is 2.13. The predicted molar refractivity (Wildman–Crippen MR) is 132 cm³/mol. The molecule has 3 aromatic carbocycles. The average Bonchev–Trinajstić information content (AvgIpc) is 2.80. The lowest BCUT2D eigenvalue weighted by Crippen LogP contribution is -2.26. The molecule has 3 rings (SSSR count). The molecule has 0 amide bonds. The van der Waals surface area contributed by atoms with Crippen LogP contribution in [-0.2, 0) is 16.6 Å². The summed E-state index contributed by atoms with van der Waals surface area (Å²) < 4.78 is 30.9. The highest BCUT2D eigenvalue weighted by molar-refractivity contribution is 7.92. The zero-order valence-electron chi connectivity index (χ0n) is 19.2. The van der Waals surface area contributed by atoms with Crippen LogP contribution in [0.15, 0.2) is 60.7 Å². The maximum atomic E-state index is 11.4. The van der Waals surface area contributed by atoms with Gasteiger partial charge < -0.3 is 25.4 Å². The van der Waals surface area contributed by atoms with Gasteiger partial charge in [-0.15, -0.1) is 0 Å². The fourth-order valence-corrected chi connectivity index (χ4v) is 3.99. The molecule has 9 heteroatoms. The van der Waals surface area contributed by atoms with Crippen LogP contribution >= 0.6 is 0 Å². The predicted octanol–water partition coefficient (Wildman–Crippen LogP) is 2.93. The largest absolute Gasteiger partial charge is 0.506 e. The van der Waals surface area contributed by atoms with Gasteiger partial charge >= 0.3 is 0 Å². The lowest BCUT2D eigenvalue weighted by atomic mass is 10.0. The van der Waals surface area contributed by atoms with Crippen LogP contribution in [0.25, 0.3) is 11.1 Å². The van der Waals surface area contributed by atoms with Crippen molar-refractivity contribution in [1.82, 2.24) is 5.32 Å². The van der Waals surface area contributed by atoms with Crippen molar-refractivity contribution >= 4 is 15.7 Å². The Morgan fingerprint density at radius 2 is 1.71 bits per heavy atom. The second kappa shape index (κ2) is 11.3. The minimum Gasteiger partial charge on any atom is -0.506 e. The van der Waals surface area contributed by atoms with E-state index in [4.69, 9.17) is 4.74 Å². The third kappa shape index (κ3) is 7.19. The number of aromatic hydroxyl groups is 1. The Balaban J connectivity index is 1.48. The first kappa shape index (κ1) is 25.5. The summed E-state index contributed by atoms with van der Waals surface area (Å²) in [5, 5.41) is 32.5.